The number of thioether (sulfide) groups is 1. The van der Waals surface area contributed by atoms with Gasteiger partial charge in [0.25, 0.3) is 0 Å². The normalized spacial score (nSPS) is 27.7. The molecular weight excluding hydrogens is 320 g/mol. The number of fused-ring (bicyclic) bond motifs is 1. The molecule has 0 saturated carbocycles. The highest BCUT2D eigenvalue weighted by Gasteiger charge is 2.49. The number of sulfone groups is 1. The molecule has 0 spiro atoms. The first-order chi connectivity index (χ1) is 9.41. The van der Waals surface area contributed by atoms with Gasteiger partial charge >= 0.3 is 0 Å². The zero-order valence-electron chi connectivity index (χ0n) is 10.7. The number of ether oxygens (including phenoxy) is 1. The molecule has 0 bridgehead atoms. The number of anilines is 1. The molecule has 2 aliphatic heterocycles. The van der Waals surface area contributed by atoms with E-state index in [-0.39, 0.29) is 22.8 Å². The van der Waals surface area contributed by atoms with Crippen molar-refractivity contribution in [1.29, 1.82) is 5.41 Å². The summed E-state index contributed by atoms with van der Waals surface area (Å²) in [6.45, 7) is 0. The zero-order valence-corrected chi connectivity index (χ0v) is 13.1. The molecule has 8 heteroatoms. The van der Waals surface area contributed by atoms with Crippen LogP contribution in [0.3, 0.4) is 0 Å². The fraction of sp³-hybridized carbons (Fsp3) is 0.417. The molecule has 0 aromatic heterocycles. The Bertz CT molecular complexity index is 677. The summed E-state index contributed by atoms with van der Waals surface area (Å²) >= 11 is 7.32. The highest BCUT2D eigenvalue weighted by Crippen LogP contribution is 2.43. The van der Waals surface area contributed by atoms with E-state index in [1.807, 2.05) is 0 Å². The third-order valence-corrected chi connectivity index (χ3v) is 6.85. The molecule has 0 radical (unpaired) electrons. The molecule has 1 aromatic rings. The lowest BCUT2D eigenvalue weighted by atomic mass is 10.2. The first-order valence-electron chi connectivity index (χ1n) is 6.00. The number of rotatable bonds is 2. The van der Waals surface area contributed by atoms with Gasteiger partial charge in [-0.1, -0.05) is 23.4 Å². The van der Waals surface area contributed by atoms with E-state index in [1.165, 1.54) is 11.8 Å². The van der Waals surface area contributed by atoms with Crippen LogP contribution in [-0.4, -0.2) is 43.5 Å². The largest absolute Gasteiger partial charge is 0.495 e. The lowest BCUT2D eigenvalue weighted by Crippen LogP contribution is -2.37. The van der Waals surface area contributed by atoms with Gasteiger partial charge in [0.05, 0.1) is 30.3 Å². The number of methoxy groups -OCH3 is 1. The van der Waals surface area contributed by atoms with E-state index in [0.29, 0.717) is 21.6 Å². The fourth-order valence-corrected chi connectivity index (χ4v) is 6.59. The second kappa shape index (κ2) is 4.82. The molecule has 108 valence electrons. The molecule has 2 heterocycles. The molecule has 5 nitrogen and oxygen atoms in total. The van der Waals surface area contributed by atoms with E-state index in [4.69, 9.17) is 21.7 Å². The Morgan fingerprint density at radius 2 is 2.20 bits per heavy atom. The van der Waals surface area contributed by atoms with Gasteiger partial charge in [0.15, 0.2) is 15.0 Å². The van der Waals surface area contributed by atoms with Crippen LogP contribution >= 0.6 is 23.4 Å². The van der Waals surface area contributed by atoms with Gasteiger partial charge in [0.2, 0.25) is 0 Å². The fourth-order valence-electron chi connectivity index (χ4n) is 2.64. The van der Waals surface area contributed by atoms with Gasteiger partial charge in [-0.2, -0.15) is 0 Å². The minimum atomic E-state index is -3.03. The maximum absolute atomic E-state index is 11.8. The number of halogens is 1. The first kappa shape index (κ1) is 14.0. The van der Waals surface area contributed by atoms with E-state index in [2.05, 4.69) is 0 Å². The molecule has 1 N–H and O–H groups in total. The van der Waals surface area contributed by atoms with Crippen molar-refractivity contribution in [3.63, 3.8) is 0 Å². The molecule has 2 saturated heterocycles. The maximum atomic E-state index is 11.8. The van der Waals surface area contributed by atoms with E-state index in [9.17, 15) is 8.42 Å². The van der Waals surface area contributed by atoms with E-state index >= 15 is 0 Å². The van der Waals surface area contributed by atoms with E-state index in [1.54, 1.807) is 30.2 Å². The quantitative estimate of drug-likeness (QED) is 0.897. The molecule has 2 fully saturated rings. The minimum Gasteiger partial charge on any atom is -0.495 e. The summed E-state index contributed by atoms with van der Waals surface area (Å²) in [6.07, 6.45) is 0. The van der Waals surface area contributed by atoms with Crippen molar-refractivity contribution in [2.24, 2.45) is 0 Å². The smallest absolute Gasteiger partial charge is 0.161 e. The van der Waals surface area contributed by atoms with E-state index < -0.39 is 9.84 Å². The van der Waals surface area contributed by atoms with Crippen LogP contribution < -0.4 is 9.64 Å². The standard InChI is InChI=1S/C12H13ClN2O3S2/c1-18-10-3-2-7(13)4-8(10)15-9-5-20(16,17)6-11(9)19-12(15)14/h2-4,9,11,14H,5-6H2,1H3/t9-,11-/m1/s1. The number of hydrogen-bond acceptors (Lipinski definition) is 5. The SMILES string of the molecule is COc1ccc(Cl)cc1N1C(=N)S[C@@H]2CS(=O)(=O)C[C@H]21. The molecule has 3 rings (SSSR count). The highest BCUT2D eigenvalue weighted by molar-refractivity contribution is 8.15. The van der Waals surface area contributed by atoms with Crippen LogP contribution in [0.2, 0.25) is 5.02 Å². The Kier molecular flexibility index (Phi) is 3.38. The first-order valence-corrected chi connectivity index (χ1v) is 9.07. The third kappa shape index (κ3) is 2.27. The zero-order chi connectivity index (χ0) is 14.5. The van der Waals surface area contributed by atoms with Crippen molar-refractivity contribution in [1.82, 2.24) is 0 Å². The van der Waals surface area contributed by atoms with Crippen molar-refractivity contribution in [3.8, 4) is 5.75 Å². The summed E-state index contributed by atoms with van der Waals surface area (Å²) in [5.74, 6) is 0.789. The van der Waals surface area contributed by atoms with Crippen LogP contribution in [-0.2, 0) is 9.84 Å². The summed E-state index contributed by atoms with van der Waals surface area (Å²) in [5.41, 5.74) is 0.655. The van der Waals surface area contributed by atoms with Gasteiger partial charge < -0.3 is 9.64 Å². The predicted octanol–water partition coefficient (Wildman–Crippen LogP) is 2.00. The third-order valence-electron chi connectivity index (χ3n) is 3.49. The van der Waals surface area contributed by atoms with Crippen LogP contribution in [0.4, 0.5) is 5.69 Å². The molecule has 1 aromatic carbocycles. The van der Waals surface area contributed by atoms with Gasteiger partial charge in [-0.25, -0.2) is 8.42 Å². The number of hydrogen-bond donors (Lipinski definition) is 1. The Morgan fingerprint density at radius 3 is 2.90 bits per heavy atom. The van der Waals surface area contributed by atoms with Crippen LogP contribution in [0.25, 0.3) is 0 Å². The Morgan fingerprint density at radius 1 is 1.45 bits per heavy atom. The Hall–Kier alpha value is -0.920. The molecule has 2 aliphatic rings. The van der Waals surface area contributed by atoms with Crippen LogP contribution in [0.1, 0.15) is 0 Å². The summed E-state index contributed by atoms with van der Waals surface area (Å²) in [5, 5.41) is 8.90. The summed E-state index contributed by atoms with van der Waals surface area (Å²) in [7, 11) is -1.49. The number of nitrogens with one attached hydrogen (secondary N) is 1. The highest BCUT2D eigenvalue weighted by atomic mass is 35.5. The molecule has 2 atom stereocenters. The topological polar surface area (TPSA) is 70.5 Å². The van der Waals surface area contributed by atoms with Crippen molar-refractivity contribution in [3.05, 3.63) is 23.2 Å². The summed E-state index contributed by atoms with van der Waals surface area (Å²) < 4.78 is 28.9. The van der Waals surface area contributed by atoms with Gasteiger partial charge in [0.1, 0.15) is 5.75 Å². The van der Waals surface area contributed by atoms with Crippen LogP contribution in [0, 0.1) is 5.41 Å². The average Bonchev–Trinajstić information content (AvgIpc) is 2.79. The Balaban J connectivity index is 2.05. The molecule has 0 aliphatic carbocycles. The van der Waals surface area contributed by atoms with Gasteiger partial charge in [0, 0.05) is 10.3 Å². The van der Waals surface area contributed by atoms with Gasteiger partial charge in [-0.3, -0.25) is 5.41 Å². The van der Waals surface area contributed by atoms with Gasteiger partial charge in [-0.15, -0.1) is 0 Å². The van der Waals surface area contributed by atoms with Crippen molar-refractivity contribution in [2.45, 2.75) is 11.3 Å². The van der Waals surface area contributed by atoms with Crippen molar-refractivity contribution in [2.75, 3.05) is 23.5 Å². The number of benzene rings is 1. The summed E-state index contributed by atoms with van der Waals surface area (Å²) in [4.78, 5) is 1.73. The lowest BCUT2D eigenvalue weighted by molar-refractivity contribution is 0.415. The van der Waals surface area contributed by atoms with Crippen LogP contribution in [0.5, 0.6) is 5.75 Å². The monoisotopic (exact) mass is 332 g/mol. The second-order valence-electron chi connectivity index (χ2n) is 4.79. The number of nitrogens with zero attached hydrogens (tertiary/aromatic N) is 1. The molecular formula is C12H13ClN2O3S2. The van der Waals surface area contributed by atoms with E-state index in [0.717, 1.165) is 0 Å². The molecule has 0 amide bonds. The second-order valence-corrected chi connectivity index (χ2v) is 8.61. The predicted molar refractivity (Wildman–Crippen MR) is 82.0 cm³/mol. The molecule has 0 unspecified atom stereocenters. The average molecular weight is 333 g/mol. The minimum absolute atomic E-state index is 0.0721. The van der Waals surface area contributed by atoms with Crippen molar-refractivity contribution < 1.29 is 13.2 Å². The summed E-state index contributed by atoms with van der Waals surface area (Å²) in [6, 6.07) is 4.93. The maximum Gasteiger partial charge on any atom is 0.161 e. The Labute approximate surface area is 126 Å². The van der Waals surface area contributed by atoms with Crippen molar-refractivity contribution >= 4 is 44.1 Å². The lowest BCUT2D eigenvalue weighted by Gasteiger charge is -2.25. The number of amidine groups is 1. The molecule has 20 heavy (non-hydrogen) atoms. The van der Waals surface area contributed by atoms with Gasteiger partial charge in [-0.05, 0) is 18.2 Å². The van der Waals surface area contributed by atoms with Crippen LogP contribution in [0.15, 0.2) is 18.2 Å².